The van der Waals surface area contributed by atoms with Gasteiger partial charge in [0.2, 0.25) is 5.95 Å². The maximum absolute atomic E-state index is 13.8. The molecular formula is C19H17F3N4. The topological polar surface area (TPSA) is 49.8 Å². The molecule has 3 rings (SSSR count). The Balaban J connectivity index is 1.68. The number of hydrogen-bond acceptors (Lipinski definition) is 4. The molecule has 1 aromatic heterocycles. The van der Waals surface area contributed by atoms with Crippen LogP contribution in [-0.2, 0) is 6.42 Å². The molecule has 0 amide bonds. The third-order valence-electron chi connectivity index (χ3n) is 3.69. The lowest BCUT2D eigenvalue weighted by Gasteiger charge is -2.11. The third-order valence-corrected chi connectivity index (χ3v) is 3.69. The predicted molar refractivity (Wildman–Crippen MR) is 95.0 cm³/mol. The molecule has 4 nitrogen and oxygen atoms in total. The highest BCUT2D eigenvalue weighted by molar-refractivity contribution is 5.56. The van der Waals surface area contributed by atoms with Crippen molar-refractivity contribution in [3.05, 3.63) is 77.2 Å². The summed E-state index contributed by atoms with van der Waals surface area (Å²) < 4.78 is 40.4. The highest BCUT2D eigenvalue weighted by Gasteiger charge is 2.08. The highest BCUT2D eigenvalue weighted by Crippen LogP contribution is 2.20. The van der Waals surface area contributed by atoms with Crippen LogP contribution in [0.1, 0.15) is 11.3 Å². The lowest BCUT2D eigenvalue weighted by molar-refractivity contribution is 0.586. The van der Waals surface area contributed by atoms with E-state index in [1.807, 2.05) is 0 Å². The lowest BCUT2D eigenvalue weighted by atomic mass is 10.1. The molecule has 2 aromatic carbocycles. The smallest absolute Gasteiger partial charge is 0.229 e. The van der Waals surface area contributed by atoms with Crippen molar-refractivity contribution in [3.63, 3.8) is 0 Å². The maximum atomic E-state index is 13.8. The fourth-order valence-corrected chi connectivity index (χ4v) is 2.45. The van der Waals surface area contributed by atoms with Gasteiger partial charge in [0.25, 0.3) is 0 Å². The number of nitrogens with zero attached hydrogens (tertiary/aromatic N) is 2. The van der Waals surface area contributed by atoms with Crippen LogP contribution in [0.3, 0.4) is 0 Å². The first-order valence-corrected chi connectivity index (χ1v) is 8.06. The average Bonchev–Trinajstić information content (AvgIpc) is 2.59. The minimum Gasteiger partial charge on any atom is -0.370 e. The summed E-state index contributed by atoms with van der Waals surface area (Å²) in [5, 5.41) is 5.83. The highest BCUT2D eigenvalue weighted by atomic mass is 19.1. The van der Waals surface area contributed by atoms with Gasteiger partial charge in [-0.25, -0.2) is 18.2 Å². The van der Waals surface area contributed by atoms with E-state index in [0.717, 1.165) is 12.1 Å². The summed E-state index contributed by atoms with van der Waals surface area (Å²) in [5.74, 6) is -0.928. The Morgan fingerprint density at radius 3 is 2.50 bits per heavy atom. The molecule has 0 aliphatic rings. The van der Waals surface area contributed by atoms with Gasteiger partial charge >= 0.3 is 0 Å². The largest absolute Gasteiger partial charge is 0.370 e. The molecule has 26 heavy (non-hydrogen) atoms. The van der Waals surface area contributed by atoms with Crippen LogP contribution in [0.2, 0.25) is 0 Å². The van der Waals surface area contributed by atoms with E-state index in [1.165, 1.54) is 12.1 Å². The monoisotopic (exact) mass is 358 g/mol. The van der Waals surface area contributed by atoms with Gasteiger partial charge in [-0.15, -0.1) is 0 Å². The van der Waals surface area contributed by atoms with E-state index in [-0.39, 0.29) is 17.5 Å². The standard InChI is InChI=1S/C19H17F3N4/c1-12-10-18(23-9-8-13-4-2-3-5-15(13)21)26-19(24-12)25-17-7-6-14(20)11-16(17)22/h2-7,10-11H,8-9H2,1H3,(H2,23,24,25,26). The molecular weight excluding hydrogens is 341 g/mol. The Labute approximate surface area is 149 Å². The predicted octanol–water partition coefficient (Wildman–Crippen LogP) is 4.60. The summed E-state index contributed by atoms with van der Waals surface area (Å²) in [4.78, 5) is 8.45. The van der Waals surface area contributed by atoms with Crippen molar-refractivity contribution >= 4 is 17.5 Å². The Hall–Kier alpha value is -3.09. The summed E-state index contributed by atoms with van der Waals surface area (Å²) >= 11 is 0. The van der Waals surface area contributed by atoms with Crippen LogP contribution in [-0.4, -0.2) is 16.5 Å². The molecule has 0 spiro atoms. The van der Waals surface area contributed by atoms with E-state index in [4.69, 9.17) is 0 Å². The van der Waals surface area contributed by atoms with Crippen molar-refractivity contribution in [1.82, 2.24) is 9.97 Å². The average molecular weight is 358 g/mol. The van der Waals surface area contributed by atoms with Gasteiger partial charge in [-0.1, -0.05) is 18.2 Å². The van der Waals surface area contributed by atoms with Crippen LogP contribution in [0.5, 0.6) is 0 Å². The summed E-state index contributed by atoms with van der Waals surface area (Å²) in [6, 6.07) is 11.5. The van der Waals surface area contributed by atoms with E-state index >= 15 is 0 Å². The zero-order valence-electron chi connectivity index (χ0n) is 14.1. The van der Waals surface area contributed by atoms with Gasteiger partial charge in [-0.3, -0.25) is 0 Å². The summed E-state index contributed by atoms with van der Waals surface area (Å²) in [6.45, 7) is 2.25. The number of hydrogen-bond donors (Lipinski definition) is 2. The van der Waals surface area contributed by atoms with Gasteiger partial charge in [0.05, 0.1) is 5.69 Å². The second-order valence-corrected chi connectivity index (χ2v) is 5.74. The van der Waals surface area contributed by atoms with Gasteiger partial charge in [0.15, 0.2) is 0 Å². The van der Waals surface area contributed by atoms with Crippen molar-refractivity contribution in [3.8, 4) is 0 Å². The van der Waals surface area contributed by atoms with Crippen molar-refractivity contribution < 1.29 is 13.2 Å². The Morgan fingerprint density at radius 1 is 0.923 bits per heavy atom. The van der Waals surface area contributed by atoms with Crippen molar-refractivity contribution in [2.24, 2.45) is 0 Å². The Bertz CT molecular complexity index is 915. The van der Waals surface area contributed by atoms with E-state index in [1.54, 1.807) is 31.2 Å². The normalized spacial score (nSPS) is 10.6. The van der Waals surface area contributed by atoms with Crippen LogP contribution < -0.4 is 10.6 Å². The van der Waals surface area contributed by atoms with Crippen LogP contribution >= 0.6 is 0 Å². The van der Waals surface area contributed by atoms with Crippen LogP contribution in [0.4, 0.5) is 30.6 Å². The van der Waals surface area contributed by atoms with Gasteiger partial charge in [-0.2, -0.15) is 4.98 Å². The molecule has 0 fully saturated rings. The molecule has 0 saturated carbocycles. The molecule has 0 atom stereocenters. The number of aryl methyl sites for hydroxylation is 1. The first-order valence-electron chi connectivity index (χ1n) is 8.06. The second kappa shape index (κ2) is 7.86. The number of aromatic nitrogens is 2. The number of benzene rings is 2. The third kappa shape index (κ3) is 4.50. The van der Waals surface area contributed by atoms with Gasteiger partial charge in [-0.05, 0) is 37.1 Å². The number of rotatable bonds is 6. The first-order chi connectivity index (χ1) is 12.5. The van der Waals surface area contributed by atoms with Crippen molar-refractivity contribution in [2.75, 3.05) is 17.2 Å². The van der Waals surface area contributed by atoms with E-state index in [9.17, 15) is 13.2 Å². The first kappa shape index (κ1) is 17.7. The van der Waals surface area contributed by atoms with Gasteiger partial charge < -0.3 is 10.6 Å². The number of nitrogens with one attached hydrogen (secondary N) is 2. The molecule has 0 aliphatic heterocycles. The molecule has 0 unspecified atom stereocenters. The number of halogens is 3. The Kier molecular flexibility index (Phi) is 5.36. The molecule has 7 heteroatoms. The molecule has 1 heterocycles. The zero-order valence-corrected chi connectivity index (χ0v) is 14.1. The molecule has 134 valence electrons. The van der Waals surface area contributed by atoms with E-state index < -0.39 is 11.6 Å². The summed E-state index contributed by atoms with van der Waals surface area (Å²) in [7, 11) is 0. The fourth-order valence-electron chi connectivity index (χ4n) is 2.45. The molecule has 2 N–H and O–H groups in total. The SMILES string of the molecule is Cc1cc(NCCc2ccccc2F)nc(Nc2ccc(F)cc2F)n1. The quantitative estimate of drug-likeness (QED) is 0.676. The molecule has 0 radical (unpaired) electrons. The molecule has 0 saturated heterocycles. The van der Waals surface area contributed by atoms with Crippen molar-refractivity contribution in [1.29, 1.82) is 0 Å². The lowest BCUT2D eigenvalue weighted by Crippen LogP contribution is -2.09. The molecule has 3 aromatic rings. The summed E-state index contributed by atoms with van der Waals surface area (Å²) in [5.41, 5.74) is 1.35. The second-order valence-electron chi connectivity index (χ2n) is 5.74. The Morgan fingerprint density at radius 2 is 1.73 bits per heavy atom. The maximum Gasteiger partial charge on any atom is 0.229 e. The van der Waals surface area contributed by atoms with E-state index in [2.05, 4.69) is 20.6 Å². The van der Waals surface area contributed by atoms with Crippen molar-refractivity contribution in [2.45, 2.75) is 13.3 Å². The summed E-state index contributed by atoms with van der Waals surface area (Å²) in [6.07, 6.45) is 0.491. The molecule has 0 bridgehead atoms. The minimum atomic E-state index is -0.732. The van der Waals surface area contributed by atoms with Crippen LogP contribution in [0.15, 0.2) is 48.5 Å². The van der Waals surface area contributed by atoms with E-state index in [0.29, 0.717) is 30.0 Å². The molecule has 0 aliphatic carbocycles. The number of anilines is 3. The van der Waals surface area contributed by atoms with Gasteiger partial charge in [0, 0.05) is 24.4 Å². The minimum absolute atomic E-state index is 0.0781. The fraction of sp³-hybridized carbons (Fsp3) is 0.158. The van der Waals surface area contributed by atoms with Gasteiger partial charge in [0.1, 0.15) is 23.3 Å². The van der Waals surface area contributed by atoms with Crippen LogP contribution in [0.25, 0.3) is 0 Å². The zero-order chi connectivity index (χ0) is 18.5. The van der Waals surface area contributed by atoms with Crippen LogP contribution in [0, 0.1) is 24.4 Å².